The number of amidine groups is 1. The molecule has 0 spiro atoms. The van der Waals surface area contributed by atoms with Gasteiger partial charge in [-0.05, 0) is 33.1 Å². The molecule has 0 saturated carbocycles. The van der Waals surface area contributed by atoms with Crippen LogP contribution in [0.2, 0.25) is 0 Å². The molecule has 6 heteroatoms. The lowest BCUT2D eigenvalue weighted by Gasteiger charge is -2.27. The summed E-state index contributed by atoms with van der Waals surface area (Å²) in [6.07, 6.45) is 4.06. The third-order valence-corrected chi connectivity index (χ3v) is 3.39. The van der Waals surface area contributed by atoms with E-state index in [1.807, 2.05) is 13.8 Å². The molecule has 1 aliphatic rings. The van der Waals surface area contributed by atoms with Crippen LogP contribution in [0.3, 0.4) is 0 Å². The Morgan fingerprint density at radius 3 is 2.79 bits per heavy atom. The zero-order chi connectivity index (χ0) is 14.3. The molecule has 0 aromatic carbocycles. The van der Waals surface area contributed by atoms with Crippen molar-refractivity contribution in [1.82, 2.24) is 4.90 Å². The number of oxime groups is 1. The molecule has 1 fully saturated rings. The van der Waals surface area contributed by atoms with E-state index in [4.69, 9.17) is 15.7 Å². The van der Waals surface area contributed by atoms with Gasteiger partial charge in [-0.3, -0.25) is 4.79 Å². The molecule has 1 heterocycles. The van der Waals surface area contributed by atoms with E-state index in [0.29, 0.717) is 19.4 Å². The van der Waals surface area contributed by atoms with E-state index < -0.39 is 0 Å². The molecule has 1 amide bonds. The van der Waals surface area contributed by atoms with Crippen LogP contribution in [-0.2, 0) is 9.53 Å². The molecule has 19 heavy (non-hydrogen) atoms. The molecule has 1 aliphatic heterocycles. The van der Waals surface area contributed by atoms with Gasteiger partial charge < -0.3 is 20.6 Å². The summed E-state index contributed by atoms with van der Waals surface area (Å²) in [6, 6.07) is 0.114. The van der Waals surface area contributed by atoms with Crippen LogP contribution in [0.15, 0.2) is 5.16 Å². The Bertz CT molecular complexity index is 312. The summed E-state index contributed by atoms with van der Waals surface area (Å²) in [7, 11) is 0. The largest absolute Gasteiger partial charge is 0.409 e. The Hall–Kier alpha value is -1.30. The zero-order valence-electron chi connectivity index (χ0n) is 11.8. The second-order valence-corrected chi connectivity index (χ2v) is 5.20. The van der Waals surface area contributed by atoms with Crippen LogP contribution in [-0.4, -0.2) is 47.1 Å². The van der Waals surface area contributed by atoms with E-state index in [1.165, 1.54) is 0 Å². The van der Waals surface area contributed by atoms with Crippen molar-refractivity contribution in [2.45, 2.75) is 58.1 Å². The molecular weight excluding hydrogens is 246 g/mol. The molecule has 110 valence electrons. The molecule has 6 nitrogen and oxygen atoms in total. The van der Waals surface area contributed by atoms with Crippen LogP contribution in [0, 0.1) is 0 Å². The van der Waals surface area contributed by atoms with Gasteiger partial charge in [-0.25, -0.2) is 0 Å². The molecule has 1 saturated heterocycles. The lowest BCUT2D eigenvalue weighted by Crippen LogP contribution is -2.39. The Morgan fingerprint density at radius 1 is 1.53 bits per heavy atom. The van der Waals surface area contributed by atoms with Gasteiger partial charge in [-0.2, -0.15) is 0 Å². The highest BCUT2D eigenvalue weighted by Crippen LogP contribution is 2.17. The Labute approximate surface area is 114 Å². The van der Waals surface area contributed by atoms with E-state index in [0.717, 1.165) is 25.9 Å². The smallest absolute Gasteiger partial charge is 0.222 e. The second kappa shape index (κ2) is 7.99. The van der Waals surface area contributed by atoms with E-state index in [-0.39, 0.29) is 23.9 Å². The lowest BCUT2D eigenvalue weighted by molar-refractivity contribution is -0.133. The first-order chi connectivity index (χ1) is 9.04. The van der Waals surface area contributed by atoms with Gasteiger partial charge in [0, 0.05) is 32.0 Å². The number of hydrogen-bond acceptors (Lipinski definition) is 4. The highest BCUT2D eigenvalue weighted by atomic mass is 16.5. The summed E-state index contributed by atoms with van der Waals surface area (Å²) in [5.74, 6) is 0.258. The third-order valence-electron chi connectivity index (χ3n) is 3.39. The molecule has 1 unspecified atom stereocenters. The topological polar surface area (TPSA) is 88.1 Å². The normalized spacial score (nSPS) is 19.9. The van der Waals surface area contributed by atoms with Gasteiger partial charge in [0.15, 0.2) is 0 Å². The number of rotatable bonds is 7. The SMILES string of the molecule is CC(C)N(CCC(N)=NO)C(=O)CCC1CCCO1. The zero-order valence-corrected chi connectivity index (χ0v) is 11.8. The number of amides is 1. The Kier molecular flexibility index (Phi) is 6.62. The molecule has 0 bridgehead atoms. The lowest BCUT2D eigenvalue weighted by atomic mass is 10.1. The van der Waals surface area contributed by atoms with Crippen molar-refractivity contribution in [3.05, 3.63) is 0 Å². The minimum absolute atomic E-state index is 0.108. The fourth-order valence-electron chi connectivity index (χ4n) is 2.26. The molecular formula is C13H25N3O3. The number of nitrogens with zero attached hydrogens (tertiary/aromatic N) is 2. The minimum Gasteiger partial charge on any atom is -0.409 e. The molecule has 1 rings (SSSR count). The fraction of sp³-hybridized carbons (Fsp3) is 0.846. The summed E-state index contributed by atoms with van der Waals surface area (Å²) in [6.45, 7) is 5.24. The molecule has 0 aliphatic carbocycles. The van der Waals surface area contributed by atoms with Gasteiger partial charge in [0.1, 0.15) is 5.84 Å². The average Bonchev–Trinajstić information content (AvgIpc) is 2.88. The van der Waals surface area contributed by atoms with E-state index in [9.17, 15) is 4.79 Å². The van der Waals surface area contributed by atoms with Gasteiger partial charge in [0.2, 0.25) is 5.91 Å². The summed E-state index contributed by atoms with van der Waals surface area (Å²) in [5.41, 5.74) is 5.44. The first-order valence-corrected chi connectivity index (χ1v) is 6.92. The molecule has 0 radical (unpaired) electrons. The van der Waals surface area contributed by atoms with Crippen molar-refractivity contribution in [3.8, 4) is 0 Å². The fourth-order valence-corrected chi connectivity index (χ4v) is 2.26. The summed E-state index contributed by atoms with van der Waals surface area (Å²) < 4.78 is 5.52. The number of ether oxygens (including phenoxy) is 1. The second-order valence-electron chi connectivity index (χ2n) is 5.20. The maximum atomic E-state index is 12.2. The van der Waals surface area contributed by atoms with Crippen molar-refractivity contribution in [2.75, 3.05) is 13.2 Å². The van der Waals surface area contributed by atoms with Crippen LogP contribution in [0.4, 0.5) is 0 Å². The number of nitrogens with two attached hydrogens (primary N) is 1. The van der Waals surface area contributed by atoms with Crippen LogP contribution in [0.1, 0.15) is 46.0 Å². The summed E-state index contributed by atoms with van der Waals surface area (Å²) in [5, 5.41) is 11.4. The maximum absolute atomic E-state index is 12.2. The van der Waals surface area contributed by atoms with Crippen molar-refractivity contribution < 1.29 is 14.7 Å². The molecule has 1 atom stereocenters. The first-order valence-electron chi connectivity index (χ1n) is 6.92. The van der Waals surface area contributed by atoms with Crippen LogP contribution in [0.25, 0.3) is 0 Å². The van der Waals surface area contributed by atoms with E-state index in [1.54, 1.807) is 4.90 Å². The highest BCUT2D eigenvalue weighted by molar-refractivity contribution is 5.81. The minimum atomic E-state index is 0.108. The number of hydrogen-bond donors (Lipinski definition) is 2. The van der Waals surface area contributed by atoms with Crippen molar-refractivity contribution >= 4 is 11.7 Å². The average molecular weight is 271 g/mol. The summed E-state index contributed by atoms with van der Waals surface area (Å²) in [4.78, 5) is 13.9. The molecule has 3 N–H and O–H groups in total. The van der Waals surface area contributed by atoms with Gasteiger partial charge in [0.25, 0.3) is 0 Å². The van der Waals surface area contributed by atoms with E-state index in [2.05, 4.69) is 5.16 Å². The molecule has 0 aromatic rings. The van der Waals surface area contributed by atoms with Crippen LogP contribution >= 0.6 is 0 Å². The Balaban J connectivity index is 2.38. The van der Waals surface area contributed by atoms with Crippen molar-refractivity contribution in [1.29, 1.82) is 0 Å². The number of carbonyl (C=O) groups is 1. The first kappa shape index (κ1) is 15.8. The van der Waals surface area contributed by atoms with Crippen molar-refractivity contribution in [2.24, 2.45) is 10.9 Å². The van der Waals surface area contributed by atoms with Crippen molar-refractivity contribution in [3.63, 3.8) is 0 Å². The van der Waals surface area contributed by atoms with Gasteiger partial charge in [-0.1, -0.05) is 5.16 Å². The predicted octanol–water partition coefficient (Wildman–Crippen LogP) is 1.32. The van der Waals surface area contributed by atoms with Crippen LogP contribution < -0.4 is 5.73 Å². The van der Waals surface area contributed by atoms with Gasteiger partial charge >= 0.3 is 0 Å². The maximum Gasteiger partial charge on any atom is 0.222 e. The summed E-state index contributed by atoms with van der Waals surface area (Å²) >= 11 is 0. The quantitative estimate of drug-likeness (QED) is 0.316. The predicted molar refractivity (Wildman–Crippen MR) is 73.1 cm³/mol. The van der Waals surface area contributed by atoms with Gasteiger partial charge in [0.05, 0.1) is 6.10 Å². The van der Waals surface area contributed by atoms with Crippen LogP contribution in [0.5, 0.6) is 0 Å². The van der Waals surface area contributed by atoms with Gasteiger partial charge in [-0.15, -0.1) is 0 Å². The third kappa shape index (κ3) is 5.46. The Morgan fingerprint density at radius 2 is 2.26 bits per heavy atom. The highest BCUT2D eigenvalue weighted by Gasteiger charge is 2.21. The van der Waals surface area contributed by atoms with E-state index >= 15 is 0 Å². The molecule has 0 aromatic heterocycles. The monoisotopic (exact) mass is 271 g/mol. The standard InChI is InChI=1S/C13H25N3O3/c1-10(2)16(8-7-12(14)15-18)13(17)6-5-11-4-3-9-19-11/h10-11,18H,3-9H2,1-2H3,(H2,14,15). The number of carbonyl (C=O) groups excluding carboxylic acids is 1.